The summed E-state index contributed by atoms with van der Waals surface area (Å²) < 4.78 is 0. The molecule has 2 amide bonds. The van der Waals surface area contributed by atoms with Gasteiger partial charge >= 0.3 is 0 Å². The van der Waals surface area contributed by atoms with Gasteiger partial charge in [-0.05, 0) is 31.4 Å². The molecule has 24 heavy (non-hydrogen) atoms. The Labute approximate surface area is 141 Å². The van der Waals surface area contributed by atoms with Crippen LogP contribution in [-0.4, -0.2) is 47.7 Å². The first-order valence-corrected chi connectivity index (χ1v) is 8.31. The van der Waals surface area contributed by atoms with Crippen molar-refractivity contribution in [2.75, 3.05) is 13.1 Å². The number of hydrogen-bond donors (Lipinski definition) is 4. The highest BCUT2D eigenvalue weighted by Crippen LogP contribution is 2.21. The Balaban J connectivity index is 1.51. The normalized spacial score (nSPS) is 22.8. The molecule has 1 unspecified atom stereocenters. The number of nitrogens with zero attached hydrogens (tertiary/aromatic N) is 1. The number of likely N-dealkylation sites (tertiary alicyclic amines) is 1. The monoisotopic (exact) mass is 329 g/mol. The highest BCUT2D eigenvalue weighted by Gasteiger charge is 2.40. The van der Waals surface area contributed by atoms with E-state index in [0.29, 0.717) is 25.1 Å². The minimum Gasteiger partial charge on any atom is -0.384 e. The largest absolute Gasteiger partial charge is 0.384 e. The van der Waals surface area contributed by atoms with Crippen molar-refractivity contribution in [2.45, 2.75) is 37.9 Å². The average Bonchev–Trinajstić information content (AvgIpc) is 3.06. The van der Waals surface area contributed by atoms with Gasteiger partial charge in [-0.2, -0.15) is 0 Å². The number of nitrogens with one attached hydrogen (secondary N) is 3. The fraction of sp³-hybridized carbons (Fsp3) is 0.471. The molecule has 7 heteroatoms. The molecule has 2 fully saturated rings. The molecule has 0 radical (unpaired) electrons. The first kappa shape index (κ1) is 16.4. The fourth-order valence-electron chi connectivity index (χ4n) is 3.13. The number of amidine groups is 1. The summed E-state index contributed by atoms with van der Waals surface area (Å²) in [4.78, 5) is 26.4. The lowest BCUT2D eigenvalue weighted by molar-refractivity contribution is -0.148. The van der Waals surface area contributed by atoms with Crippen LogP contribution in [0.5, 0.6) is 0 Å². The van der Waals surface area contributed by atoms with Crippen molar-refractivity contribution in [3.05, 3.63) is 35.4 Å². The first-order chi connectivity index (χ1) is 11.6. The molecular weight excluding hydrogens is 306 g/mol. The van der Waals surface area contributed by atoms with E-state index in [-0.39, 0.29) is 29.7 Å². The van der Waals surface area contributed by atoms with E-state index < -0.39 is 0 Å². The van der Waals surface area contributed by atoms with Gasteiger partial charge in [-0.25, -0.2) is 0 Å². The van der Waals surface area contributed by atoms with Gasteiger partial charge in [-0.3, -0.25) is 15.0 Å². The van der Waals surface area contributed by atoms with Crippen LogP contribution in [0.25, 0.3) is 0 Å². The van der Waals surface area contributed by atoms with Crippen molar-refractivity contribution in [2.24, 2.45) is 5.73 Å². The first-order valence-electron chi connectivity index (χ1n) is 8.31. The van der Waals surface area contributed by atoms with Crippen LogP contribution in [0.3, 0.4) is 0 Å². The second-order valence-corrected chi connectivity index (χ2v) is 6.31. The number of carbonyl (C=O) groups is 2. The Morgan fingerprint density at radius 2 is 2.04 bits per heavy atom. The molecule has 2 saturated heterocycles. The number of nitrogen functional groups attached to an aromatic ring is 1. The maximum absolute atomic E-state index is 12.4. The zero-order chi connectivity index (χ0) is 17.1. The van der Waals surface area contributed by atoms with Crippen LogP contribution < -0.4 is 16.4 Å². The predicted molar refractivity (Wildman–Crippen MR) is 90.4 cm³/mol. The molecule has 128 valence electrons. The second kappa shape index (κ2) is 7.00. The molecule has 0 bridgehead atoms. The van der Waals surface area contributed by atoms with E-state index in [1.165, 1.54) is 0 Å². The van der Waals surface area contributed by atoms with Gasteiger partial charge in [-0.15, -0.1) is 0 Å². The standard InChI is InChI=1S/C17H23N5O2/c18-15(19)12-5-3-11(4-6-12)10-21-16(23)14-7-9-22(14)17(24)13-2-1-8-20-13/h3-6,13-14,20H,1-2,7-10H2,(H3,18,19)(H,21,23)/t13?,14-/m0/s1. The minimum absolute atomic E-state index is 0.0229. The molecule has 0 aromatic heterocycles. The lowest BCUT2D eigenvalue weighted by atomic mass is 10.00. The van der Waals surface area contributed by atoms with Crippen LogP contribution >= 0.6 is 0 Å². The molecule has 2 aliphatic heterocycles. The quantitative estimate of drug-likeness (QED) is 0.448. The van der Waals surface area contributed by atoms with Crippen LogP contribution in [0.1, 0.15) is 30.4 Å². The van der Waals surface area contributed by atoms with E-state index in [1.54, 1.807) is 17.0 Å². The molecule has 2 heterocycles. The Morgan fingerprint density at radius 3 is 2.58 bits per heavy atom. The zero-order valence-corrected chi connectivity index (χ0v) is 13.5. The van der Waals surface area contributed by atoms with Gasteiger partial charge in [0.05, 0.1) is 6.04 Å². The lowest BCUT2D eigenvalue weighted by Crippen LogP contribution is -2.61. The number of amides is 2. The molecular formula is C17H23N5O2. The maximum atomic E-state index is 12.4. The van der Waals surface area contributed by atoms with Crippen LogP contribution in [-0.2, 0) is 16.1 Å². The van der Waals surface area contributed by atoms with Crippen LogP contribution in [0, 0.1) is 5.41 Å². The summed E-state index contributed by atoms with van der Waals surface area (Å²) in [5.74, 6) is -0.0392. The number of rotatable bonds is 5. The summed E-state index contributed by atoms with van der Waals surface area (Å²) in [6, 6.07) is 6.71. The van der Waals surface area contributed by atoms with Gasteiger partial charge in [0.15, 0.2) is 0 Å². The van der Waals surface area contributed by atoms with Crippen LogP contribution in [0.15, 0.2) is 24.3 Å². The number of hydrogen-bond acceptors (Lipinski definition) is 4. The highest BCUT2D eigenvalue weighted by molar-refractivity contribution is 5.95. The third kappa shape index (κ3) is 3.41. The molecule has 7 nitrogen and oxygen atoms in total. The molecule has 1 aromatic carbocycles. The van der Waals surface area contributed by atoms with Crippen molar-refractivity contribution in [3.8, 4) is 0 Å². The number of benzene rings is 1. The maximum Gasteiger partial charge on any atom is 0.243 e. The highest BCUT2D eigenvalue weighted by atomic mass is 16.2. The molecule has 2 atom stereocenters. The van der Waals surface area contributed by atoms with Crippen molar-refractivity contribution in [1.29, 1.82) is 5.41 Å². The average molecular weight is 329 g/mol. The topological polar surface area (TPSA) is 111 Å². The summed E-state index contributed by atoms with van der Waals surface area (Å²) in [7, 11) is 0. The van der Waals surface area contributed by atoms with Crippen LogP contribution in [0.2, 0.25) is 0 Å². The van der Waals surface area contributed by atoms with Crippen molar-refractivity contribution in [3.63, 3.8) is 0 Å². The molecule has 0 saturated carbocycles. The summed E-state index contributed by atoms with van der Waals surface area (Å²) >= 11 is 0. The molecule has 2 aliphatic rings. The fourth-order valence-corrected chi connectivity index (χ4v) is 3.13. The summed E-state index contributed by atoms with van der Waals surface area (Å²) in [6.45, 7) is 1.93. The van der Waals surface area contributed by atoms with Gasteiger partial charge in [0.1, 0.15) is 11.9 Å². The van der Waals surface area contributed by atoms with E-state index in [1.807, 2.05) is 12.1 Å². The molecule has 1 aromatic rings. The zero-order valence-electron chi connectivity index (χ0n) is 13.5. The van der Waals surface area contributed by atoms with E-state index in [9.17, 15) is 9.59 Å². The van der Waals surface area contributed by atoms with Gasteiger partial charge in [0.25, 0.3) is 0 Å². The summed E-state index contributed by atoms with van der Waals surface area (Å²) in [6.07, 6.45) is 2.58. The second-order valence-electron chi connectivity index (χ2n) is 6.31. The molecule has 5 N–H and O–H groups in total. The SMILES string of the molecule is N=C(N)c1ccc(CNC(=O)[C@@H]2CCN2C(=O)C2CCCN2)cc1. The summed E-state index contributed by atoms with van der Waals surface area (Å²) in [5, 5.41) is 13.4. The van der Waals surface area contributed by atoms with E-state index in [0.717, 1.165) is 24.9 Å². The number of nitrogens with two attached hydrogens (primary N) is 1. The predicted octanol–water partition coefficient (Wildman–Crippen LogP) is -0.0602. The lowest BCUT2D eigenvalue weighted by Gasteiger charge is -2.41. The van der Waals surface area contributed by atoms with Gasteiger partial charge in [0.2, 0.25) is 11.8 Å². The summed E-state index contributed by atoms with van der Waals surface area (Å²) in [5.41, 5.74) is 7.01. The Kier molecular flexibility index (Phi) is 4.80. The van der Waals surface area contributed by atoms with Crippen molar-refractivity contribution < 1.29 is 9.59 Å². The molecule has 3 rings (SSSR count). The van der Waals surface area contributed by atoms with Crippen molar-refractivity contribution >= 4 is 17.6 Å². The van der Waals surface area contributed by atoms with Gasteiger partial charge in [0, 0.05) is 18.7 Å². The van der Waals surface area contributed by atoms with Gasteiger partial charge in [-0.1, -0.05) is 24.3 Å². The number of carbonyl (C=O) groups excluding carboxylic acids is 2. The molecule has 0 spiro atoms. The van der Waals surface area contributed by atoms with E-state index in [4.69, 9.17) is 11.1 Å². The van der Waals surface area contributed by atoms with Crippen LogP contribution in [0.4, 0.5) is 0 Å². The van der Waals surface area contributed by atoms with E-state index >= 15 is 0 Å². The van der Waals surface area contributed by atoms with E-state index in [2.05, 4.69) is 10.6 Å². The Bertz CT molecular complexity index is 637. The minimum atomic E-state index is -0.351. The van der Waals surface area contributed by atoms with Gasteiger partial charge < -0.3 is 21.3 Å². The third-order valence-corrected chi connectivity index (χ3v) is 4.70. The Hall–Kier alpha value is -2.41. The molecule has 0 aliphatic carbocycles. The smallest absolute Gasteiger partial charge is 0.243 e. The Morgan fingerprint density at radius 1 is 1.29 bits per heavy atom. The third-order valence-electron chi connectivity index (χ3n) is 4.70. The van der Waals surface area contributed by atoms with Crippen molar-refractivity contribution in [1.82, 2.24) is 15.5 Å².